The standard InChI is InChI=1S/C16H20N2O2/c1-2-3-4-10-20-11-6-9-16(19)18-15-8-5-7-14(12-15)13-17/h2,5,7-8,12H,1,3-4,6,9-11H2,(H,18,19). The molecule has 0 aliphatic heterocycles. The molecular formula is C16H20N2O2. The zero-order chi connectivity index (χ0) is 14.6. The molecule has 1 N–H and O–H groups in total. The van der Waals surface area contributed by atoms with Gasteiger partial charge < -0.3 is 10.1 Å². The van der Waals surface area contributed by atoms with Crippen LogP contribution in [-0.2, 0) is 9.53 Å². The summed E-state index contributed by atoms with van der Waals surface area (Å²) in [6, 6.07) is 8.91. The number of nitrogens with zero attached hydrogens (tertiary/aromatic N) is 1. The van der Waals surface area contributed by atoms with Crippen molar-refractivity contribution in [3.05, 3.63) is 42.5 Å². The second-order valence-corrected chi connectivity index (χ2v) is 4.39. The summed E-state index contributed by atoms with van der Waals surface area (Å²) < 4.78 is 5.40. The van der Waals surface area contributed by atoms with E-state index in [9.17, 15) is 4.79 Å². The molecule has 1 amide bonds. The highest BCUT2D eigenvalue weighted by atomic mass is 16.5. The van der Waals surface area contributed by atoms with E-state index in [4.69, 9.17) is 10.00 Å². The number of benzene rings is 1. The molecule has 20 heavy (non-hydrogen) atoms. The Hall–Kier alpha value is -2.12. The second-order valence-electron chi connectivity index (χ2n) is 4.39. The molecule has 4 heteroatoms. The SMILES string of the molecule is C=CCCCOCCCC(=O)Nc1cccc(C#N)c1. The lowest BCUT2D eigenvalue weighted by molar-refractivity contribution is -0.116. The summed E-state index contributed by atoms with van der Waals surface area (Å²) >= 11 is 0. The van der Waals surface area contributed by atoms with Crippen LogP contribution in [0.2, 0.25) is 0 Å². The van der Waals surface area contributed by atoms with E-state index in [0.29, 0.717) is 37.3 Å². The molecule has 0 radical (unpaired) electrons. The fraction of sp³-hybridized carbons (Fsp3) is 0.375. The number of hydrogen-bond acceptors (Lipinski definition) is 3. The van der Waals surface area contributed by atoms with Gasteiger partial charge in [0.05, 0.1) is 11.6 Å². The quantitative estimate of drug-likeness (QED) is 0.554. The van der Waals surface area contributed by atoms with Gasteiger partial charge in [-0.25, -0.2) is 0 Å². The van der Waals surface area contributed by atoms with Gasteiger partial charge in [0.2, 0.25) is 5.91 Å². The minimum atomic E-state index is -0.0604. The summed E-state index contributed by atoms with van der Waals surface area (Å²) in [4.78, 5) is 11.7. The van der Waals surface area contributed by atoms with Gasteiger partial charge in [-0.2, -0.15) is 5.26 Å². The number of nitrogens with one attached hydrogen (secondary N) is 1. The number of hydrogen-bond donors (Lipinski definition) is 1. The molecule has 1 aromatic rings. The first-order valence-corrected chi connectivity index (χ1v) is 6.75. The van der Waals surface area contributed by atoms with Crippen molar-refractivity contribution in [2.45, 2.75) is 25.7 Å². The van der Waals surface area contributed by atoms with Gasteiger partial charge in [-0.1, -0.05) is 12.1 Å². The molecule has 0 aromatic heterocycles. The van der Waals surface area contributed by atoms with Crippen molar-refractivity contribution in [2.75, 3.05) is 18.5 Å². The molecule has 1 rings (SSSR count). The van der Waals surface area contributed by atoms with Gasteiger partial charge in [-0.3, -0.25) is 4.79 Å². The average Bonchev–Trinajstić information content (AvgIpc) is 2.46. The van der Waals surface area contributed by atoms with E-state index in [1.54, 1.807) is 24.3 Å². The van der Waals surface area contributed by atoms with E-state index in [0.717, 1.165) is 12.8 Å². The Labute approximate surface area is 120 Å². The zero-order valence-electron chi connectivity index (χ0n) is 11.6. The van der Waals surface area contributed by atoms with E-state index >= 15 is 0 Å². The third-order valence-electron chi connectivity index (χ3n) is 2.66. The van der Waals surface area contributed by atoms with Gasteiger partial charge in [0.25, 0.3) is 0 Å². The molecule has 0 heterocycles. The Morgan fingerprint density at radius 3 is 2.95 bits per heavy atom. The number of nitriles is 1. The summed E-state index contributed by atoms with van der Waals surface area (Å²) in [5, 5.41) is 11.5. The molecule has 0 spiro atoms. The molecule has 4 nitrogen and oxygen atoms in total. The number of anilines is 1. The van der Waals surface area contributed by atoms with Crippen molar-refractivity contribution in [3.8, 4) is 6.07 Å². The molecule has 0 aliphatic carbocycles. The Morgan fingerprint density at radius 1 is 1.40 bits per heavy atom. The van der Waals surface area contributed by atoms with Crippen LogP contribution in [0.1, 0.15) is 31.2 Å². The van der Waals surface area contributed by atoms with E-state index < -0.39 is 0 Å². The number of carbonyl (C=O) groups excluding carboxylic acids is 1. The lowest BCUT2D eigenvalue weighted by Gasteiger charge is -2.06. The number of unbranched alkanes of at least 4 members (excludes halogenated alkanes) is 1. The highest BCUT2D eigenvalue weighted by molar-refractivity contribution is 5.90. The van der Waals surface area contributed by atoms with Gasteiger partial charge >= 0.3 is 0 Å². The summed E-state index contributed by atoms with van der Waals surface area (Å²) in [6.07, 6.45) is 4.90. The van der Waals surface area contributed by atoms with Crippen LogP contribution in [0.5, 0.6) is 0 Å². The molecule has 0 saturated carbocycles. The summed E-state index contributed by atoms with van der Waals surface area (Å²) in [6.45, 7) is 4.93. The highest BCUT2D eigenvalue weighted by Gasteiger charge is 2.02. The molecule has 1 aromatic carbocycles. The first-order chi connectivity index (χ1) is 9.76. The average molecular weight is 272 g/mol. The monoisotopic (exact) mass is 272 g/mol. The van der Waals surface area contributed by atoms with Crippen LogP contribution < -0.4 is 5.32 Å². The van der Waals surface area contributed by atoms with Gasteiger partial charge in [0, 0.05) is 25.3 Å². The van der Waals surface area contributed by atoms with Crippen LogP contribution in [0.15, 0.2) is 36.9 Å². The van der Waals surface area contributed by atoms with Crippen LogP contribution in [0.25, 0.3) is 0 Å². The van der Waals surface area contributed by atoms with Crippen LogP contribution in [0.4, 0.5) is 5.69 Å². The van der Waals surface area contributed by atoms with Crippen molar-refractivity contribution in [3.63, 3.8) is 0 Å². The van der Waals surface area contributed by atoms with Gasteiger partial charge in [0.15, 0.2) is 0 Å². The number of allylic oxidation sites excluding steroid dienone is 1. The third kappa shape index (κ3) is 6.72. The Morgan fingerprint density at radius 2 is 2.20 bits per heavy atom. The lowest BCUT2D eigenvalue weighted by atomic mass is 10.2. The lowest BCUT2D eigenvalue weighted by Crippen LogP contribution is -2.12. The molecule has 106 valence electrons. The van der Waals surface area contributed by atoms with E-state index in [1.807, 2.05) is 12.1 Å². The smallest absolute Gasteiger partial charge is 0.224 e. The fourth-order valence-electron chi connectivity index (χ4n) is 1.66. The van der Waals surface area contributed by atoms with E-state index in [2.05, 4.69) is 11.9 Å². The maximum Gasteiger partial charge on any atom is 0.224 e. The van der Waals surface area contributed by atoms with Gasteiger partial charge in [-0.05, 0) is 37.5 Å². The van der Waals surface area contributed by atoms with Crippen molar-refractivity contribution < 1.29 is 9.53 Å². The predicted octanol–water partition coefficient (Wildman–Crippen LogP) is 3.26. The maximum absolute atomic E-state index is 11.7. The molecule has 0 unspecified atom stereocenters. The fourth-order valence-corrected chi connectivity index (χ4v) is 1.66. The predicted molar refractivity (Wildman–Crippen MR) is 79.3 cm³/mol. The van der Waals surface area contributed by atoms with Crippen molar-refractivity contribution in [1.82, 2.24) is 0 Å². The molecular weight excluding hydrogens is 252 g/mol. The summed E-state index contributed by atoms with van der Waals surface area (Å²) in [5.74, 6) is -0.0604. The first kappa shape index (κ1) is 15.9. The topological polar surface area (TPSA) is 62.1 Å². The van der Waals surface area contributed by atoms with E-state index in [1.165, 1.54) is 0 Å². The Kier molecular flexibility index (Phi) is 7.78. The number of rotatable bonds is 9. The molecule has 0 aliphatic rings. The second kappa shape index (κ2) is 9.76. The van der Waals surface area contributed by atoms with E-state index in [-0.39, 0.29) is 5.91 Å². The minimum Gasteiger partial charge on any atom is -0.381 e. The number of amides is 1. The third-order valence-corrected chi connectivity index (χ3v) is 2.66. The van der Waals surface area contributed by atoms with Crippen molar-refractivity contribution in [1.29, 1.82) is 5.26 Å². The van der Waals surface area contributed by atoms with Crippen LogP contribution in [0.3, 0.4) is 0 Å². The molecule has 0 atom stereocenters. The minimum absolute atomic E-state index is 0.0604. The number of carbonyl (C=O) groups is 1. The van der Waals surface area contributed by atoms with Crippen LogP contribution in [-0.4, -0.2) is 19.1 Å². The van der Waals surface area contributed by atoms with Crippen molar-refractivity contribution in [2.24, 2.45) is 0 Å². The zero-order valence-corrected chi connectivity index (χ0v) is 11.6. The normalized spacial score (nSPS) is 9.75. The summed E-state index contributed by atoms with van der Waals surface area (Å²) in [5.41, 5.74) is 1.19. The molecule has 0 fully saturated rings. The first-order valence-electron chi connectivity index (χ1n) is 6.75. The van der Waals surface area contributed by atoms with Gasteiger partial charge in [0.1, 0.15) is 0 Å². The van der Waals surface area contributed by atoms with Gasteiger partial charge in [-0.15, -0.1) is 6.58 Å². The Bertz CT molecular complexity index is 478. The van der Waals surface area contributed by atoms with Crippen molar-refractivity contribution >= 4 is 11.6 Å². The Balaban J connectivity index is 2.17. The summed E-state index contributed by atoms with van der Waals surface area (Å²) in [7, 11) is 0. The largest absolute Gasteiger partial charge is 0.381 e. The maximum atomic E-state index is 11.7. The molecule has 0 saturated heterocycles. The van der Waals surface area contributed by atoms with Crippen LogP contribution in [0, 0.1) is 11.3 Å². The van der Waals surface area contributed by atoms with Crippen LogP contribution >= 0.6 is 0 Å². The molecule has 0 bridgehead atoms. The highest BCUT2D eigenvalue weighted by Crippen LogP contribution is 2.10. The number of ether oxygens (including phenoxy) is 1.